The minimum Gasteiger partial charge on any atom is -0.481 e. The minimum absolute atomic E-state index is 0.000000000000000444. The fourth-order valence-electron chi connectivity index (χ4n) is 0.655. The van der Waals surface area contributed by atoms with Crippen LogP contribution >= 0.6 is 0 Å². The highest BCUT2D eigenvalue weighted by atomic mass is 16.4. The first-order valence-electron chi connectivity index (χ1n) is 4.02. The highest BCUT2D eigenvalue weighted by molar-refractivity contribution is 5.70. The van der Waals surface area contributed by atoms with Crippen molar-refractivity contribution >= 4 is 11.9 Å². The summed E-state index contributed by atoms with van der Waals surface area (Å²) in [6, 6.07) is 0. The van der Waals surface area contributed by atoms with Crippen LogP contribution in [0.3, 0.4) is 0 Å². The molecule has 4 nitrogen and oxygen atoms in total. The summed E-state index contributed by atoms with van der Waals surface area (Å²) in [5, 5.41) is 16.0. The number of carboxylic acids is 2. The van der Waals surface area contributed by atoms with Crippen molar-refractivity contribution in [3.05, 3.63) is 0 Å². The Bertz CT molecular complexity index is 160. The van der Waals surface area contributed by atoms with Crippen LogP contribution in [0.1, 0.15) is 32.6 Å². The van der Waals surface area contributed by atoms with E-state index in [1.54, 1.807) is 6.92 Å². The van der Waals surface area contributed by atoms with Crippen LogP contribution < -0.4 is 0 Å². The second kappa shape index (κ2) is 5.57. The number of carboxylic acid groups (broad SMARTS) is 2. The first-order chi connectivity index (χ1) is 5.57. The normalized spacial score (nSPS) is 15.4. The monoisotopic (exact) mass is 174 g/mol. The lowest BCUT2D eigenvalue weighted by Gasteiger charge is -2.19. The van der Waals surface area contributed by atoms with Gasteiger partial charge >= 0.3 is 11.9 Å². The van der Waals surface area contributed by atoms with Crippen LogP contribution in [-0.2, 0) is 9.59 Å². The van der Waals surface area contributed by atoms with Crippen LogP contribution in [0, 0.1) is 5.92 Å². The van der Waals surface area contributed by atoms with Gasteiger partial charge in [-0.3, -0.25) is 9.59 Å². The Morgan fingerprint density at radius 3 is 1.75 bits per heavy atom. The Morgan fingerprint density at radius 1 is 1.33 bits per heavy atom. The SMILES string of the molecule is CCC(=O)O.O=C(O)C1CCC1. The predicted octanol–water partition coefficient (Wildman–Crippen LogP) is 1.35. The molecule has 0 unspecified atom stereocenters. The van der Waals surface area contributed by atoms with Crippen LogP contribution in [0.5, 0.6) is 0 Å². The summed E-state index contributed by atoms with van der Waals surface area (Å²) in [6.45, 7) is 1.60. The standard InChI is InChI=1S/C5H8O2.C3H6O2/c6-5(7)4-2-1-3-4;1-2-3(4)5/h4H,1-3H2,(H,6,7);2H2,1H3,(H,4,5). The molecular weight excluding hydrogens is 160 g/mol. The van der Waals surface area contributed by atoms with Gasteiger partial charge in [-0.25, -0.2) is 0 Å². The number of hydrogen-bond donors (Lipinski definition) is 2. The average molecular weight is 174 g/mol. The molecule has 0 radical (unpaired) electrons. The summed E-state index contributed by atoms with van der Waals surface area (Å²) in [7, 11) is 0. The number of aliphatic carboxylic acids is 2. The van der Waals surface area contributed by atoms with E-state index in [9.17, 15) is 9.59 Å². The Balaban J connectivity index is 0.000000217. The lowest BCUT2D eigenvalue weighted by Crippen LogP contribution is -2.20. The van der Waals surface area contributed by atoms with E-state index < -0.39 is 11.9 Å². The molecule has 0 aromatic rings. The maximum absolute atomic E-state index is 9.98. The van der Waals surface area contributed by atoms with Crippen LogP contribution in [0.2, 0.25) is 0 Å². The van der Waals surface area contributed by atoms with Gasteiger partial charge in [0.15, 0.2) is 0 Å². The smallest absolute Gasteiger partial charge is 0.306 e. The largest absolute Gasteiger partial charge is 0.481 e. The first kappa shape index (κ1) is 10.9. The molecule has 12 heavy (non-hydrogen) atoms. The molecule has 0 aromatic carbocycles. The van der Waals surface area contributed by atoms with E-state index in [-0.39, 0.29) is 12.3 Å². The molecule has 0 spiro atoms. The first-order valence-corrected chi connectivity index (χ1v) is 4.02. The second-order valence-electron chi connectivity index (χ2n) is 2.71. The van der Waals surface area contributed by atoms with Gasteiger partial charge in [0.1, 0.15) is 0 Å². The Kier molecular flexibility index (Phi) is 5.08. The van der Waals surface area contributed by atoms with Crippen molar-refractivity contribution < 1.29 is 19.8 Å². The zero-order chi connectivity index (χ0) is 9.56. The summed E-state index contributed by atoms with van der Waals surface area (Å²) in [6.07, 6.45) is 3.13. The van der Waals surface area contributed by atoms with Crippen molar-refractivity contribution in [2.24, 2.45) is 5.92 Å². The van der Waals surface area contributed by atoms with E-state index >= 15 is 0 Å². The molecule has 4 heteroatoms. The molecular formula is C8H14O4. The third-order valence-electron chi connectivity index (χ3n) is 1.76. The zero-order valence-corrected chi connectivity index (χ0v) is 7.12. The Hall–Kier alpha value is -1.06. The quantitative estimate of drug-likeness (QED) is 0.662. The van der Waals surface area contributed by atoms with Crippen molar-refractivity contribution in [2.75, 3.05) is 0 Å². The number of hydrogen-bond acceptors (Lipinski definition) is 2. The molecule has 0 amide bonds. The molecule has 0 saturated heterocycles. The molecule has 0 bridgehead atoms. The minimum atomic E-state index is -0.745. The lowest BCUT2D eigenvalue weighted by atomic mass is 9.86. The van der Waals surface area contributed by atoms with Crippen LogP contribution in [-0.4, -0.2) is 22.2 Å². The maximum atomic E-state index is 9.98. The van der Waals surface area contributed by atoms with Crippen LogP contribution in [0.15, 0.2) is 0 Å². The highest BCUT2D eigenvalue weighted by Crippen LogP contribution is 2.25. The molecule has 70 valence electrons. The summed E-state index contributed by atoms with van der Waals surface area (Å²) < 4.78 is 0. The van der Waals surface area contributed by atoms with Crippen molar-refractivity contribution in [2.45, 2.75) is 32.6 Å². The number of carbonyl (C=O) groups is 2. The molecule has 0 atom stereocenters. The summed E-state index contributed by atoms with van der Waals surface area (Å²) >= 11 is 0. The van der Waals surface area contributed by atoms with Gasteiger partial charge < -0.3 is 10.2 Å². The molecule has 1 fully saturated rings. The molecule has 1 rings (SSSR count). The summed E-state index contributed by atoms with van der Waals surface area (Å²) in [5.74, 6) is -1.36. The van der Waals surface area contributed by atoms with Crippen LogP contribution in [0.4, 0.5) is 0 Å². The Labute approximate surface area is 71.2 Å². The van der Waals surface area contributed by atoms with Crippen molar-refractivity contribution in [1.82, 2.24) is 0 Å². The van der Waals surface area contributed by atoms with Gasteiger partial charge in [-0.1, -0.05) is 13.3 Å². The van der Waals surface area contributed by atoms with E-state index in [2.05, 4.69) is 0 Å². The lowest BCUT2D eigenvalue weighted by molar-refractivity contribution is -0.144. The van der Waals surface area contributed by atoms with E-state index in [1.165, 1.54) is 0 Å². The molecule has 1 aliphatic carbocycles. The van der Waals surface area contributed by atoms with Gasteiger partial charge in [-0.2, -0.15) is 0 Å². The topological polar surface area (TPSA) is 74.6 Å². The molecule has 0 aliphatic heterocycles. The number of rotatable bonds is 2. The second-order valence-corrected chi connectivity index (χ2v) is 2.71. The average Bonchev–Trinajstić information content (AvgIpc) is 1.83. The van der Waals surface area contributed by atoms with Gasteiger partial charge in [0, 0.05) is 6.42 Å². The highest BCUT2D eigenvalue weighted by Gasteiger charge is 2.23. The fourth-order valence-corrected chi connectivity index (χ4v) is 0.655. The van der Waals surface area contributed by atoms with E-state index in [0.717, 1.165) is 19.3 Å². The van der Waals surface area contributed by atoms with E-state index in [4.69, 9.17) is 10.2 Å². The third-order valence-corrected chi connectivity index (χ3v) is 1.76. The molecule has 0 heterocycles. The Morgan fingerprint density at radius 2 is 1.75 bits per heavy atom. The molecule has 0 aromatic heterocycles. The van der Waals surface area contributed by atoms with Crippen molar-refractivity contribution in [3.63, 3.8) is 0 Å². The fraction of sp³-hybridized carbons (Fsp3) is 0.750. The summed E-state index contributed by atoms with van der Waals surface area (Å²) in [4.78, 5) is 19.3. The van der Waals surface area contributed by atoms with Crippen LogP contribution in [0.25, 0.3) is 0 Å². The van der Waals surface area contributed by atoms with Gasteiger partial charge in [0.25, 0.3) is 0 Å². The van der Waals surface area contributed by atoms with Crippen molar-refractivity contribution in [1.29, 1.82) is 0 Å². The molecule has 2 N–H and O–H groups in total. The van der Waals surface area contributed by atoms with Gasteiger partial charge in [0.2, 0.25) is 0 Å². The van der Waals surface area contributed by atoms with Crippen molar-refractivity contribution in [3.8, 4) is 0 Å². The maximum Gasteiger partial charge on any atom is 0.306 e. The van der Waals surface area contributed by atoms with E-state index in [1.807, 2.05) is 0 Å². The summed E-state index contributed by atoms with van der Waals surface area (Å²) in [5.41, 5.74) is 0. The van der Waals surface area contributed by atoms with Gasteiger partial charge in [-0.05, 0) is 12.8 Å². The van der Waals surface area contributed by atoms with Gasteiger partial charge in [0.05, 0.1) is 5.92 Å². The third kappa shape index (κ3) is 4.71. The van der Waals surface area contributed by atoms with E-state index in [0.29, 0.717) is 0 Å². The molecule has 1 aliphatic rings. The van der Waals surface area contributed by atoms with Gasteiger partial charge in [-0.15, -0.1) is 0 Å². The predicted molar refractivity (Wildman–Crippen MR) is 42.9 cm³/mol. The molecule has 1 saturated carbocycles. The zero-order valence-electron chi connectivity index (χ0n) is 7.12.